The van der Waals surface area contributed by atoms with Gasteiger partial charge < -0.3 is 4.74 Å². The van der Waals surface area contributed by atoms with Gasteiger partial charge in [0.15, 0.2) is 0 Å². The van der Waals surface area contributed by atoms with Crippen LogP contribution in [0.25, 0.3) is 0 Å². The average Bonchev–Trinajstić information content (AvgIpc) is 3.00. The summed E-state index contributed by atoms with van der Waals surface area (Å²) in [4.78, 5) is 0. The predicted octanol–water partition coefficient (Wildman–Crippen LogP) is 0.529. The molecule has 2 atom stereocenters. The van der Waals surface area contributed by atoms with E-state index in [4.69, 9.17) is 16.3 Å². The summed E-state index contributed by atoms with van der Waals surface area (Å²) in [5.74, 6) is 0. The molecule has 98 valence electrons. The fourth-order valence-electron chi connectivity index (χ4n) is 1.55. The zero-order valence-electron chi connectivity index (χ0n) is 10.7. The first-order valence-electron chi connectivity index (χ1n) is 5.63. The van der Waals surface area contributed by atoms with Crippen molar-refractivity contribution in [2.45, 2.75) is 31.6 Å². The third-order valence-corrected chi connectivity index (χ3v) is 5.51. The van der Waals surface area contributed by atoms with E-state index in [1.807, 2.05) is 7.85 Å². The van der Waals surface area contributed by atoms with Crippen molar-refractivity contribution in [1.29, 1.82) is 0 Å². The van der Waals surface area contributed by atoms with Gasteiger partial charge in [-0.05, 0) is 20.3 Å². The van der Waals surface area contributed by atoms with Crippen molar-refractivity contribution in [2.75, 3.05) is 20.2 Å². The smallest absolute Gasteiger partial charge is 0.216 e. The number of hydrogen-bond acceptors (Lipinski definition) is 3. The lowest BCUT2D eigenvalue weighted by Gasteiger charge is -2.21. The monoisotopic (exact) mass is 279 g/mol. The summed E-state index contributed by atoms with van der Waals surface area (Å²) in [5, 5.41) is 0.208. The van der Waals surface area contributed by atoms with Crippen molar-refractivity contribution in [3.8, 4) is 0 Å². The molecular weight excluding hydrogens is 260 g/mol. The van der Waals surface area contributed by atoms with Gasteiger partial charge in [-0.3, -0.25) is 0 Å². The molecule has 1 rings (SSSR count). The van der Waals surface area contributed by atoms with Gasteiger partial charge in [-0.25, -0.2) is 12.7 Å². The summed E-state index contributed by atoms with van der Waals surface area (Å²) in [6.07, 6.45) is 0.543. The van der Waals surface area contributed by atoms with Crippen molar-refractivity contribution < 1.29 is 13.2 Å². The Bertz CT molecular complexity index is 402. The Kier molecular flexibility index (Phi) is 5.07. The highest BCUT2D eigenvalue weighted by atomic mass is 35.5. The van der Waals surface area contributed by atoms with E-state index < -0.39 is 15.3 Å². The van der Waals surface area contributed by atoms with Crippen LogP contribution in [-0.2, 0) is 14.8 Å². The molecule has 1 fully saturated rings. The van der Waals surface area contributed by atoms with E-state index in [2.05, 4.69) is 0 Å². The van der Waals surface area contributed by atoms with Crippen molar-refractivity contribution >= 4 is 29.5 Å². The molecule has 1 aliphatic heterocycles. The van der Waals surface area contributed by atoms with Gasteiger partial charge >= 0.3 is 0 Å². The van der Waals surface area contributed by atoms with Crippen LogP contribution in [0.3, 0.4) is 0 Å². The van der Waals surface area contributed by atoms with Crippen molar-refractivity contribution in [2.24, 2.45) is 0 Å². The van der Waals surface area contributed by atoms with Crippen LogP contribution in [0.4, 0.5) is 0 Å². The summed E-state index contributed by atoms with van der Waals surface area (Å²) < 4.78 is 30.7. The number of epoxide rings is 1. The Morgan fingerprint density at radius 2 is 2.18 bits per heavy atom. The molecule has 0 radical (unpaired) electrons. The highest BCUT2D eigenvalue weighted by molar-refractivity contribution is 7.89. The zero-order valence-corrected chi connectivity index (χ0v) is 12.3. The molecule has 1 heterocycles. The minimum absolute atomic E-state index is 0.0772. The highest BCUT2D eigenvalue weighted by Gasteiger charge is 2.32. The van der Waals surface area contributed by atoms with Crippen LogP contribution in [0, 0.1) is 0 Å². The van der Waals surface area contributed by atoms with E-state index >= 15 is 0 Å². The maximum absolute atomic E-state index is 12.2. The van der Waals surface area contributed by atoms with Gasteiger partial charge in [-0.2, -0.15) is 0 Å². The lowest BCUT2D eigenvalue weighted by molar-refractivity contribution is 0.357. The minimum atomic E-state index is -3.26. The summed E-state index contributed by atoms with van der Waals surface area (Å²) in [6, 6.07) is 0. The van der Waals surface area contributed by atoms with E-state index in [0.717, 1.165) is 5.47 Å². The van der Waals surface area contributed by atoms with Gasteiger partial charge in [0.2, 0.25) is 10.0 Å². The number of allylic oxidation sites excluding steroid dienone is 2. The average molecular weight is 280 g/mol. The van der Waals surface area contributed by atoms with Crippen LogP contribution >= 0.6 is 11.6 Å². The van der Waals surface area contributed by atoms with Gasteiger partial charge in [0.25, 0.3) is 0 Å². The number of nitrogens with zero attached hydrogens (tertiary/aromatic N) is 1. The number of halogens is 1. The lowest BCUT2D eigenvalue weighted by Crippen LogP contribution is -2.37. The second kappa shape index (κ2) is 5.74. The fourth-order valence-corrected chi connectivity index (χ4v) is 3.07. The quantitative estimate of drug-likeness (QED) is 0.526. The molecule has 0 aromatic rings. The Morgan fingerprint density at radius 1 is 1.65 bits per heavy atom. The van der Waals surface area contributed by atoms with E-state index in [-0.39, 0.29) is 6.10 Å². The van der Waals surface area contributed by atoms with Crippen LogP contribution in [0.1, 0.15) is 20.3 Å². The number of ether oxygens (including phenoxy) is 1. The molecule has 0 N–H and O–H groups in total. The Hall–Kier alpha value is -0.0351. The Morgan fingerprint density at radius 3 is 2.59 bits per heavy atom. The molecule has 4 nitrogen and oxygen atoms in total. The standard InChI is InChI=1S/C10H19BClNO3S/c1-7(4-10(11)8(2)12)17(14,15)13(3)5-9-6-16-9/h7,9H,4-6,11H2,1-3H3/b10-8-/t7?,9-/m0/s1. The van der Waals surface area contributed by atoms with Crippen LogP contribution in [0.2, 0.25) is 0 Å². The third-order valence-electron chi connectivity index (χ3n) is 2.99. The summed E-state index contributed by atoms with van der Waals surface area (Å²) in [6.45, 7) is 4.59. The predicted molar refractivity (Wildman–Crippen MR) is 72.5 cm³/mol. The van der Waals surface area contributed by atoms with E-state index in [0.29, 0.717) is 24.6 Å². The van der Waals surface area contributed by atoms with Crippen molar-refractivity contribution in [1.82, 2.24) is 4.31 Å². The molecule has 0 saturated carbocycles. The van der Waals surface area contributed by atoms with Gasteiger partial charge in [0, 0.05) is 18.6 Å². The van der Waals surface area contributed by atoms with Gasteiger partial charge in [-0.1, -0.05) is 17.1 Å². The molecule has 7 heteroatoms. The molecule has 1 unspecified atom stereocenters. The minimum Gasteiger partial charge on any atom is -0.372 e. The first kappa shape index (κ1) is 15.0. The first-order chi connectivity index (χ1) is 7.75. The SMILES string of the molecule is B/C(CC(C)S(=O)(=O)N(C)C[C@H]1CO1)=C(/C)Cl. The Labute approximate surface area is 109 Å². The molecule has 0 aromatic heterocycles. The maximum atomic E-state index is 12.2. The van der Waals surface area contributed by atoms with Crippen LogP contribution in [-0.4, -0.2) is 52.1 Å². The molecule has 0 spiro atoms. The molecule has 0 aromatic carbocycles. The summed E-state index contributed by atoms with van der Waals surface area (Å²) in [7, 11) is 0.195. The molecule has 1 saturated heterocycles. The third kappa shape index (κ3) is 4.28. The van der Waals surface area contributed by atoms with Crippen LogP contribution < -0.4 is 0 Å². The lowest BCUT2D eigenvalue weighted by atomic mass is 9.91. The molecule has 0 amide bonds. The second-order valence-electron chi connectivity index (χ2n) is 4.61. The van der Waals surface area contributed by atoms with E-state index in [9.17, 15) is 8.42 Å². The summed E-state index contributed by atoms with van der Waals surface area (Å²) >= 11 is 5.85. The number of likely N-dealkylation sites (N-methyl/N-ethyl adjacent to an activating group) is 1. The molecule has 0 bridgehead atoms. The van der Waals surface area contributed by atoms with Gasteiger partial charge in [0.1, 0.15) is 7.85 Å². The molecule has 1 aliphatic rings. The maximum Gasteiger partial charge on any atom is 0.216 e. The Balaban J connectivity index is 2.65. The van der Waals surface area contributed by atoms with E-state index in [1.165, 1.54) is 4.31 Å². The fraction of sp³-hybridized carbons (Fsp3) is 0.800. The second-order valence-corrected chi connectivity index (χ2v) is 7.63. The van der Waals surface area contributed by atoms with Gasteiger partial charge in [0.05, 0.1) is 18.0 Å². The highest BCUT2D eigenvalue weighted by Crippen LogP contribution is 2.20. The molecule has 17 heavy (non-hydrogen) atoms. The number of sulfonamides is 1. The van der Waals surface area contributed by atoms with Crippen molar-refractivity contribution in [3.63, 3.8) is 0 Å². The zero-order chi connectivity index (χ0) is 13.2. The summed E-state index contributed by atoms with van der Waals surface area (Å²) in [5.41, 5.74) is 0.916. The van der Waals surface area contributed by atoms with Crippen molar-refractivity contribution in [3.05, 3.63) is 10.5 Å². The topological polar surface area (TPSA) is 49.9 Å². The van der Waals surface area contributed by atoms with Crippen LogP contribution in [0.15, 0.2) is 10.5 Å². The number of hydrogen-bond donors (Lipinski definition) is 0. The normalized spacial score (nSPS) is 23.5. The molecule has 0 aliphatic carbocycles. The van der Waals surface area contributed by atoms with Crippen LogP contribution in [0.5, 0.6) is 0 Å². The first-order valence-corrected chi connectivity index (χ1v) is 7.52. The molecular formula is C10H19BClNO3S. The van der Waals surface area contributed by atoms with E-state index in [1.54, 1.807) is 20.9 Å². The number of rotatable bonds is 6. The van der Waals surface area contributed by atoms with Gasteiger partial charge in [-0.15, -0.1) is 0 Å². The largest absolute Gasteiger partial charge is 0.372 e.